The SMILES string of the molecule is CCC(C)c1ccc2c(cnn2C)c1. The smallest absolute Gasteiger partial charge is 0.0679 e. The Morgan fingerprint density at radius 2 is 2.21 bits per heavy atom. The normalized spacial score (nSPS) is 13.4. The lowest BCUT2D eigenvalue weighted by Gasteiger charge is -2.08. The monoisotopic (exact) mass is 188 g/mol. The van der Waals surface area contributed by atoms with Crippen molar-refractivity contribution >= 4 is 10.9 Å². The third kappa shape index (κ3) is 1.41. The minimum Gasteiger partial charge on any atom is -0.268 e. The van der Waals surface area contributed by atoms with Gasteiger partial charge in [-0.1, -0.05) is 19.9 Å². The van der Waals surface area contributed by atoms with E-state index >= 15 is 0 Å². The molecule has 0 bridgehead atoms. The van der Waals surface area contributed by atoms with E-state index in [1.54, 1.807) is 0 Å². The summed E-state index contributed by atoms with van der Waals surface area (Å²) in [5, 5.41) is 5.48. The highest BCUT2D eigenvalue weighted by Gasteiger charge is 2.05. The maximum atomic E-state index is 4.24. The van der Waals surface area contributed by atoms with E-state index < -0.39 is 0 Å². The molecule has 1 aromatic heterocycles. The van der Waals surface area contributed by atoms with Crippen molar-refractivity contribution in [2.45, 2.75) is 26.2 Å². The van der Waals surface area contributed by atoms with Crippen LogP contribution in [0, 0.1) is 0 Å². The highest BCUT2D eigenvalue weighted by Crippen LogP contribution is 2.22. The van der Waals surface area contributed by atoms with Crippen molar-refractivity contribution in [3.63, 3.8) is 0 Å². The summed E-state index contributed by atoms with van der Waals surface area (Å²) in [4.78, 5) is 0. The van der Waals surface area contributed by atoms with Crippen LogP contribution in [-0.2, 0) is 7.05 Å². The van der Waals surface area contributed by atoms with E-state index in [4.69, 9.17) is 0 Å². The van der Waals surface area contributed by atoms with Crippen LogP contribution in [0.15, 0.2) is 24.4 Å². The van der Waals surface area contributed by atoms with Crippen molar-refractivity contribution in [3.05, 3.63) is 30.0 Å². The van der Waals surface area contributed by atoms with Gasteiger partial charge in [-0.25, -0.2) is 0 Å². The van der Waals surface area contributed by atoms with Crippen molar-refractivity contribution in [3.8, 4) is 0 Å². The number of fused-ring (bicyclic) bond motifs is 1. The zero-order valence-electron chi connectivity index (χ0n) is 8.99. The first-order valence-corrected chi connectivity index (χ1v) is 5.14. The first kappa shape index (κ1) is 9.25. The Kier molecular flexibility index (Phi) is 2.28. The van der Waals surface area contributed by atoms with E-state index in [0.717, 1.165) is 0 Å². The molecule has 0 N–H and O–H groups in total. The minimum absolute atomic E-state index is 0.639. The van der Waals surface area contributed by atoms with Crippen molar-refractivity contribution in [2.75, 3.05) is 0 Å². The summed E-state index contributed by atoms with van der Waals surface area (Å²) in [7, 11) is 1.98. The van der Waals surface area contributed by atoms with E-state index in [-0.39, 0.29) is 0 Å². The summed E-state index contributed by atoms with van der Waals surface area (Å²) < 4.78 is 1.91. The average Bonchev–Trinajstić information content (AvgIpc) is 2.59. The molecule has 2 rings (SSSR count). The molecule has 2 nitrogen and oxygen atoms in total. The fourth-order valence-electron chi connectivity index (χ4n) is 1.72. The van der Waals surface area contributed by atoms with Gasteiger partial charge >= 0.3 is 0 Å². The summed E-state index contributed by atoms with van der Waals surface area (Å²) in [5.41, 5.74) is 2.62. The Balaban J connectivity index is 2.52. The molecule has 1 atom stereocenters. The third-order valence-electron chi connectivity index (χ3n) is 2.95. The van der Waals surface area contributed by atoms with E-state index in [9.17, 15) is 0 Å². The molecule has 74 valence electrons. The Hall–Kier alpha value is -1.31. The van der Waals surface area contributed by atoms with Crippen molar-refractivity contribution in [1.29, 1.82) is 0 Å². The largest absolute Gasteiger partial charge is 0.268 e. The minimum atomic E-state index is 0.639. The lowest BCUT2D eigenvalue weighted by molar-refractivity contribution is 0.734. The van der Waals surface area contributed by atoms with Crippen LogP contribution in [0.3, 0.4) is 0 Å². The van der Waals surface area contributed by atoms with Crippen LogP contribution in [0.4, 0.5) is 0 Å². The summed E-state index contributed by atoms with van der Waals surface area (Å²) in [6, 6.07) is 6.61. The molecule has 1 heterocycles. The summed E-state index contributed by atoms with van der Waals surface area (Å²) in [6.45, 7) is 4.48. The van der Waals surface area contributed by atoms with Crippen LogP contribution in [0.1, 0.15) is 31.7 Å². The third-order valence-corrected chi connectivity index (χ3v) is 2.95. The average molecular weight is 188 g/mol. The fourth-order valence-corrected chi connectivity index (χ4v) is 1.72. The molecule has 1 unspecified atom stereocenters. The topological polar surface area (TPSA) is 17.8 Å². The number of rotatable bonds is 2. The number of aromatic nitrogens is 2. The molecule has 2 aromatic rings. The van der Waals surface area contributed by atoms with Gasteiger partial charge in [0.05, 0.1) is 11.7 Å². The van der Waals surface area contributed by atoms with Gasteiger partial charge in [0.1, 0.15) is 0 Å². The highest BCUT2D eigenvalue weighted by molar-refractivity contribution is 5.79. The summed E-state index contributed by atoms with van der Waals surface area (Å²) >= 11 is 0. The number of nitrogens with zero attached hydrogens (tertiary/aromatic N) is 2. The van der Waals surface area contributed by atoms with E-state index in [2.05, 4.69) is 37.1 Å². The van der Waals surface area contributed by atoms with Gasteiger partial charge in [-0.2, -0.15) is 5.10 Å². The predicted molar refractivity (Wildman–Crippen MR) is 59.4 cm³/mol. The van der Waals surface area contributed by atoms with Crippen LogP contribution in [0.5, 0.6) is 0 Å². The zero-order chi connectivity index (χ0) is 10.1. The summed E-state index contributed by atoms with van der Waals surface area (Å²) in [6.07, 6.45) is 3.12. The maximum absolute atomic E-state index is 4.24. The molecule has 2 heteroatoms. The first-order valence-electron chi connectivity index (χ1n) is 5.14. The Morgan fingerprint density at radius 3 is 2.93 bits per heavy atom. The standard InChI is InChI=1S/C12H16N2/c1-4-9(2)10-5-6-12-11(7-10)8-13-14(12)3/h5-9H,4H2,1-3H3. The van der Waals surface area contributed by atoms with E-state index in [1.807, 2.05) is 17.9 Å². The molecule has 0 saturated heterocycles. The lowest BCUT2D eigenvalue weighted by Crippen LogP contribution is -1.92. The second kappa shape index (κ2) is 3.45. The molecular formula is C12H16N2. The highest BCUT2D eigenvalue weighted by atomic mass is 15.2. The molecule has 0 fully saturated rings. The van der Waals surface area contributed by atoms with Gasteiger partial charge in [-0.3, -0.25) is 4.68 Å². The van der Waals surface area contributed by atoms with Crippen molar-refractivity contribution in [2.24, 2.45) is 7.05 Å². The van der Waals surface area contributed by atoms with E-state index in [0.29, 0.717) is 5.92 Å². The Bertz CT molecular complexity index is 443. The van der Waals surface area contributed by atoms with Gasteiger partial charge < -0.3 is 0 Å². The second-order valence-corrected chi connectivity index (χ2v) is 3.90. The number of hydrogen-bond donors (Lipinski definition) is 0. The van der Waals surface area contributed by atoms with Crippen LogP contribution in [-0.4, -0.2) is 9.78 Å². The van der Waals surface area contributed by atoms with Crippen molar-refractivity contribution in [1.82, 2.24) is 9.78 Å². The second-order valence-electron chi connectivity index (χ2n) is 3.90. The molecule has 0 saturated carbocycles. The van der Waals surface area contributed by atoms with E-state index in [1.165, 1.54) is 22.9 Å². The van der Waals surface area contributed by atoms with Gasteiger partial charge in [0.25, 0.3) is 0 Å². The van der Waals surface area contributed by atoms with Crippen molar-refractivity contribution < 1.29 is 0 Å². The molecule has 0 aliphatic carbocycles. The molecule has 0 aliphatic heterocycles. The molecule has 0 amide bonds. The number of hydrogen-bond acceptors (Lipinski definition) is 1. The molecule has 0 spiro atoms. The number of benzene rings is 1. The molecular weight excluding hydrogens is 172 g/mol. The van der Waals surface area contributed by atoms with Gasteiger partial charge in [0, 0.05) is 12.4 Å². The maximum Gasteiger partial charge on any atom is 0.0679 e. The molecule has 14 heavy (non-hydrogen) atoms. The van der Waals surface area contributed by atoms with Crippen LogP contribution < -0.4 is 0 Å². The predicted octanol–water partition coefficient (Wildman–Crippen LogP) is 3.09. The van der Waals surface area contributed by atoms with Gasteiger partial charge in [0.15, 0.2) is 0 Å². The zero-order valence-corrected chi connectivity index (χ0v) is 8.99. The molecule has 1 aromatic carbocycles. The van der Waals surface area contributed by atoms with Crippen LogP contribution >= 0.6 is 0 Å². The van der Waals surface area contributed by atoms with Gasteiger partial charge in [-0.15, -0.1) is 0 Å². The van der Waals surface area contributed by atoms with Crippen LogP contribution in [0.2, 0.25) is 0 Å². The number of aryl methyl sites for hydroxylation is 1. The lowest BCUT2D eigenvalue weighted by atomic mass is 9.98. The Morgan fingerprint density at radius 1 is 1.43 bits per heavy atom. The van der Waals surface area contributed by atoms with Gasteiger partial charge in [-0.05, 0) is 30.0 Å². The van der Waals surface area contributed by atoms with Crippen LogP contribution in [0.25, 0.3) is 10.9 Å². The summed E-state index contributed by atoms with van der Waals surface area (Å²) in [5.74, 6) is 0.639. The Labute approximate surface area is 84.5 Å². The first-order chi connectivity index (χ1) is 6.72. The molecule has 0 radical (unpaired) electrons. The molecule has 0 aliphatic rings. The fraction of sp³-hybridized carbons (Fsp3) is 0.417. The quantitative estimate of drug-likeness (QED) is 0.708. The van der Waals surface area contributed by atoms with Gasteiger partial charge in [0.2, 0.25) is 0 Å².